The minimum Gasteiger partial charge on any atom is -0.477 e. The Labute approximate surface area is 108 Å². The number of fused-ring (bicyclic) bond motifs is 1. The van der Waals surface area contributed by atoms with Crippen molar-refractivity contribution in [2.75, 3.05) is 0 Å². The van der Waals surface area contributed by atoms with E-state index in [-0.39, 0.29) is 17.6 Å². The predicted octanol–water partition coefficient (Wildman–Crippen LogP) is 0.0572. The first-order valence-electron chi connectivity index (χ1n) is 5.50. The molecule has 0 aromatic carbocycles. The van der Waals surface area contributed by atoms with E-state index in [9.17, 15) is 14.7 Å². The molecular weight excluding hydrogens is 256 g/mol. The summed E-state index contributed by atoms with van der Waals surface area (Å²) in [6.07, 6.45) is 1.02. The molecule has 0 aromatic heterocycles. The molecule has 2 aliphatic heterocycles. The maximum atomic E-state index is 11.8. The largest absolute Gasteiger partial charge is 0.477 e. The number of carboxylic acid groups (broad SMARTS) is 1. The van der Waals surface area contributed by atoms with Crippen LogP contribution < -0.4 is 5.73 Å². The topological polar surface area (TPSA) is 104 Å². The number of amides is 1. The van der Waals surface area contributed by atoms with Gasteiger partial charge in [0.1, 0.15) is 5.70 Å². The molecule has 0 aliphatic carbocycles. The van der Waals surface area contributed by atoms with Crippen molar-refractivity contribution in [3.8, 4) is 0 Å². The first-order chi connectivity index (χ1) is 8.49. The van der Waals surface area contributed by atoms with E-state index in [1.165, 1.54) is 22.9 Å². The molecule has 2 aliphatic rings. The van der Waals surface area contributed by atoms with E-state index in [0.717, 1.165) is 0 Å². The highest BCUT2D eigenvalue weighted by Gasteiger charge is 2.56. The number of nitrogens with zero attached hydrogens (tertiary/aromatic N) is 1. The van der Waals surface area contributed by atoms with Crippen LogP contribution in [0.5, 0.6) is 0 Å². The number of aliphatic carboxylic acids is 1. The fourth-order valence-corrected chi connectivity index (χ4v) is 3.26. The fraction of sp³-hybridized carbons (Fsp3) is 0.455. The van der Waals surface area contributed by atoms with Crippen molar-refractivity contribution >= 4 is 23.6 Å². The summed E-state index contributed by atoms with van der Waals surface area (Å²) in [6.45, 7) is 1.55. The molecule has 0 aromatic rings. The molecule has 0 bridgehead atoms. The van der Waals surface area contributed by atoms with Gasteiger partial charge in [-0.05, 0) is 12.3 Å². The molecule has 3 unspecified atom stereocenters. The van der Waals surface area contributed by atoms with Gasteiger partial charge in [-0.2, -0.15) is 0 Å². The van der Waals surface area contributed by atoms with Gasteiger partial charge in [0.15, 0.2) is 0 Å². The fourth-order valence-electron chi connectivity index (χ4n) is 2.46. The van der Waals surface area contributed by atoms with Gasteiger partial charge in [0, 0.05) is 17.5 Å². The SMILES string of the molecule is CC(O)C1C(=O)N2C(C(=O)O)=C(S/C=C/N)CC12. The molecule has 2 heterocycles. The van der Waals surface area contributed by atoms with Crippen molar-refractivity contribution in [3.05, 3.63) is 22.2 Å². The highest BCUT2D eigenvalue weighted by molar-refractivity contribution is 8.05. The van der Waals surface area contributed by atoms with Crippen molar-refractivity contribution in [2.24, 2.45) is 11.7 Å². The number of thioether (sulfide) groups is 1. The number of hydrogen-bond acceptors (Lipinski definition) is 5. The standard InChI is InChI=1S/C11H14N2O4S/c1-5(14)8-6-4-7(18-3-2-12)9(11(16)17)13(6)10(8)15/h2-3,5-6,8,14H,4,12H2,1H3,(H,16,17)/b3-2+. The summed E-state index contributed by atoms with van der Waals surface area (Å²) in [5.41, 5.74) is 5.24. The molecule has 0 spiro atoms. The highest BCUT2D eigenvalue weighted by Crippen LogP contribution is 2.47. The minimum absolute atomic E-state index is 0.0185. The molecule has 1 saturated heterocycles. The number of aliphatic hydroxyl groups is 1. The summed E-state index contributed by atoms with van der Waals surface area (Å²) >= 11 is 1.20. The maximum Gasteiger partial charge on any atom is 0.353 e. The zero-order chi connectivity index (χ0) is 13.4. The molecule has 4 N–H and O–H groups in total. The Morgan fingerprint density at radius 2 is 2.33 bits per heavy atom. The number of carbonyl (C=O) groups is 2. The van der Waals surface area contributed by atoms with Crippen LogP contribution in [0.3, 0.4) is 0 Å². The Kier molecular flexibility index (Phi) is 3.36. The van der Waals surface area contributed by atoms with Gasteiger partial charge in [0.2, 0.25) is 5.91 Å². The summed E-state index contributed by atoms with van der Waals surface area (Å²) in [4.78, 5) is 24.9. The first-order valence-corrected chi connectivity index (χ1v) is 6.38. The second-order valence-corrected chi connectivity index (χ2v) is 5.27. The van der Waals surface area contributed by atoms with E-state index >= 15 is 0 Å². The number of rotatable bonds is 4. The average Bonchev–Trinajstić information content (AvgIpc) is 2.60. The third kappa shape index (κ3) is 1.79. The lowest BCUT2D eigenvalue weighted by Crippen LogP contribution is -2.61. The Morgan fingerprint density at radius 3 is 2.83 bits per heavy atom. The number of carbonyl (C=O) groups excluding carboxylic acids is 1. The minimum atomic E-state index is -1.12. The summed E-state index contributed by atoms with van der Waals surface area (Å²) in [5, 5.41) is 20.3. The second kappa shape index (κ2) is 4.66. The summed E-state index contributed by atoms with van der Waals surface area (Å²) in [6, 6.07) is -0.239. The Balaban J connectivity index is 2.26. The van der Waals surface area contributed by atoms with Gasteiger partial charge in [-0.15, -0.1) is 0 Å². The number of β-lactam (4-membered cyclic amide) rings is 1. The number of aliphatic hydroxyl groups excluding tert-OH is 1. The molecule has 7 heteroatoms. The smallest absolute Gasteiger partial charge is 0.353 e. The van der Waals surface area contributed by atoms with Gasteiger partial charge in [-0.1, -0.05) is 11.8 Å². The lowest BCUT2D eigenvalue weighted by atomic mass is 9.83. The quantitative estimate of drug-likeness (QED) is 0.624. The normalized spacial score (nSPS) is 28.6. The monoisotopic (exact) mass is 270 g/mol. The van der Waals surface area contributed by atoms with Gasteiger partial charge in [0.05, 0.1) is 18.1 Å². The van der Waals surface area contributed by atoms with Gasteiger partial charge >= 0.3 is 5.97 Å². The zero-order valence-electron chi connectivity index (χ0n) is 9.74. The van der Waals surface area contributed by atoms with E-state index < -0.39 is 18.0 Å². The van der Waals surface area contributed by atoms with Crippen LogP contribution in [0.4, 0.5) is 0 Å². The van der Waals surface area contributed by atoms with Gasteiger partial charge in [0.25, 0.3) is 0 Å². The molecule has 2 rings (SSSR count). The third-order valence-corrected chi connectivity index (χ3v) is 4.12. The molecular formula is C11H14N2O4S. The van der Waals surface area contributed by atoms with Crippen LogP contribution in [0.1, 0.15) is 13.3 Å². The zero-order valence-corrected chi connectivity index (χ0v) is 10.6. The van der Waals surface area contributed by atoms with Crippen LogP contribution in [0.2, 0.25) is 0 Å². The summed E-state index contributed by atoms with van der Waals surface area (Å²) < 4.78 is 0. The van der Waals surface area contributed by atoms with Crippen LogP contribution in [0.15, 0.2) is 22.2 Å². The van der Waals surface area contributed by atoms with E-state index in [0.29, 0.717) is 11.3 Å². The van der Waals surface area contributed by atoms with Gasteiger partial charge < -0.3 is 20.8 Å². The van der Waals surface area contributed by atoms with Crippen LogP contribution in [-0.2, 0) is 9.59 Å². The van der Waals surface area contributed by atoms with Crippen molar-refractivity contribution in [1.29, 1.82) is 0 Å². The lowest BCUT2D eigenvalue weighted by molar-refractivity contribution is -0.161. The predicted molar refractivity (Wildman–Crippen MR) is 66.0 cm³/mol. The number of hydrogen-bond donors (Lipinski definition) is 3. The summed E-state index contributed by atoms with van der Waals surface area (Å²) in [5.74, 6) is -1.94. The van der Waals surface area contributed by atoms with Crippen molar-refractivity contribution < 1.29 is 19.8 Å². The van der Waals surface area contributed by atoms with E-state index in [1.807, 2.05) is 0 Å². The molecule has 18 heavy (non-hydrogen) atoms. The van der Waals surface area contributed by atoms with Crippen LogP contribution in [0, 0.1) is 5.92 Å². The van der Waals surface area contributed by atoms with Crippen LogP contribution >= 0.6 is 11.8 Å². The van der Waals surface area contributed by atoms with Crippen molar-refractivity contribution in [1.82, 2.24) is 4.90 Å². The maximum absolute atomic E-state index is 11.8. The summed E-state index contributed by atoms with van der Waals surface area (Å²) in [7, 11) is 0. The van der Waals surface area contributed by atoms with Crippen LogP contribution in [-0.4, -0.2) is 39.1 Å². The molecule has 98 valence electrons. The van der Waals surface area contributed by atoms with Gasteiger partial charge in [-0.3, -0.25) is 4.79 Å². The van der Waals surface area contributed by atoms with Crippen molar-refractivity contribution in [2.45, 2.75) is 25.5 Å². The third-order valence-electron chi connectivity index (χ3n) is 3.18. The molecule has 3 atom stereocenters. The Morgan fingerprint density at radius 1 is 1.67 bits per heavy atom. The molecule has 6 nitrogen and oxygen atoms in total. The van der Waals surface area contributed by atoms with E-state index in [4.69, 9.17) is 10.8 Å². The lowest BCUT2D eigenvalue weighted by Gasteiger charge is -2.44. The second-order valence-electron chi connectivity index (χ2n) is 4.27. The molecule has 0 saturated carbocycles. The Bertz CT molecular complexity index is 458. The van der Waals surface area contributed by atoms with Crippen LogP contribution in [0.25, 0.3) is 0 Å². The molecule has 1 fully saturated rings. The number of carboxylic acids is 1. The Hall–Kier alpha value is -1.47. The molecule has 0 radical (unpaired) electrons. The van der Waals surface area contributed by atoms with E-state index in [2.05, 4.69) is 0 Å². The average molecular weight is 270 g/mol. The molecule has 1 amide bonds. The van der Waals surface area contributed by atoms with E-state index in [1.54, 1.807) is 12.3 Å². The first kappa shape index (κ1) is 13.0. The van der Waals surface area contributed by atoms with Crippen molar-refractivity contribution in [3.63, 3.8) is 0 Å². The number of nitrogens with two attached hydrogens (primary N) is 1. The highest BCUT2D eigenvalue weighted by atomic mass is 32.2. The van der Waals surface area contributed by atoms with Gasteiger partial charge in [-0.25, -0.2) is 4.79 Å².